The zero-order valence-corrected chi connectivity index (χ0v) is 16.5. The van der Waals surface area contributed by atoms with Crippen LogP contribution in [-0.4, -0.2) is 18.9 Å². The smallest absolute Gasteiger partial charge is 0.319 e. The lowest BCUT2D eigenvalue weighted by molar-refractivity contribution is -0.161. The van der Waals surface area contributed by atoms with Crippen molar-refractivity contribution >= 4 is 49.0 Å². The Labute approximate surface area is 178 Å². The zero-order valence-electron chi connectivity index (χ0n) is 12.2. The molecule has 0 rings (SSSR count). The number of esters is 1. The molecule has 0 aromatic rings. The van der Waals surface area contributed by atoms with Crippen molar-refractivity contribution in [2.75, 3.05) is 7.11 Å². The fourth-order valence-electron chi connectivity index (χ4n) is 1.97. The third kappa shape index (κ3) is 12.9. The average Bonchev–Trinajstić information content (AvgIpc) is 2.36. The first-order valence-electron chi connectivity index (χ1n) is 5.93. The molecule has 3 nitrogen and oxygen atoms in total. The fraction of sp³-hybridized carbons (Fsp3) is 0.895. The molecule has 0 aliphatic carbocycles. The van der Waals surface area contributed by atoms with Crippen LogP contribution in [0, 0.1) is 23.2 Å². The molecule has 0 saturated heterocycles. The standard InChI is InChI=1S/C13H24O3.6CH4.I2/c1-8(2)9(3)10(4)13(6,11(5)14)12(15)16-7;;;;;;;1-2/h8-10H,1-7H3;6*1H4;. The van der Waals surface area contributed by atoms with Crippen molar-refractivity contribution in [2.24, 2.45) is 23.2 Å². The summed E-state index contributed by atoms with van der Waals surface area (Å²) in [6.45, 7) is 11.4. The summed E-state index contributed by atoms with van der Waals surface area (Å²) >= 11 is 4.24. The predicted octanol–water partition coefficient (Wildman–Crippen LogP) is 8.27. The fourth-order valence-corrected chi connectivity index (χ4v) is 1.97. The number of ether oxygens (including phenoxy) is 1. The van der Waals surface area contributed by atoms with Crippen molar-refractivity contribution in [2.45, 2.75) is 86.1 Å². The van der Waals surface area contributed by atoms with Crippen LogP contribution < -0.4 is 0 Å². The molecular weight excluding hydrogens is 530 g/mol. The van der Waals surface area contributed by atoms with E-state index in [2.05, 4.69) is 58.0 Å². The lowest BCUT2D eigenvalue weighted by Crippen LogP contribution is -2.45. The van der Waals surface area contributed by atoms with Crippen LogP contribution in [0.25, 0.3) is 0 Å². The van der Waals surface area contributed by atoms with E-state index in [1.807, 2.05) is 6.92 Å². The molecule has 0 spiro atoms. The van der Waals surface area contributed by atoms with E-state index in [-0.39, 0.29) is 62.2 Å². The van der Waals surface area contributed by atoms with Gasteiger partial charge in [0.25, 0.3) is 0 Å². The van der Waals surface area contributed by atoms with Gasteiger partial charge in [-0.25, -0.2) is 0 Å². The van der Waals surface area contributed by atoms with Crippen molar-refractivity contribution in [3.05, 3.63) is 0 Å². The van der Waals surface area contributed by atoms with Crippen molar-refractivity contribution in [1.82, 2.24) is 0 Å². The topological polar surface area (TPSA) is 43.4 Å². The van der Waals surface area contributed by atoms with Gasteiger partial charge in [0.05, 0.1) is 7.11 Å². The van der Waals surface area contributed by atoms with Crippen LogP contribution >= 0.6 is 37.2 Å². The van der Waals surface area contributed by atoms with Crippen LogP contribution in [0.15, 0.2) is 0 Å². The Hall–Kier alpha value is 0.600. The third-order valence-corrected chi connectivity index (χ3v) is 4.09. The van der Waals surface area contributed by atoms with Gasteiger partial charge in [0.1, 0.15) is 11.2 Å². The Morgan fingerprint density at radius 1 is 0.875 bits per heavy atom. The van der Waals surface area contributed by atoms with E-state index < -0.39 is 11.4 Å². The van der Waals surface area contributed by atoms with Gasteiger partial charge in [-0.2, -0.15) is 0 Å². The number of ketones is 1. The normalized spacial score (nSPS) is 12.8. The van der Waals surface area contributed by atoms with E-state index in [0.29, 0.717) is 5.92 Å². The van der Waals surface area contributed by atoms with Crippen molar-refractivity contribution in [3.63, 3.8) is 0 Å². The van der Waals surface area contributed by atoms with Gasteiger partial charge < -0.3 is 4.74 Å². The van der Waals surface area contributed by atoms with Gasteiger partial charge in [-0.1, -0.05) is 72.3 Å². The van der Waals surface area contributed by atoms with Crippen LogP contribution in [0.1, 0.15) is 86.1 Å². The second kappa shape index (κ2) is 23.6. The number of carbonyl (C=O) groups is 2. The van der Waals surface area contributed by atoms with E-state index in [4.69, 9.17) is 4.74 Å². The van der Waals surface area contributed by atoms with E-state index in [9.17, 15) is 9.59 Å². The van der Waals surface area contributed by atoms with Gasteiger partial charge >= 0.3 is 5.97 Å². The number of methoxy groups -OCH3 is 1. The maximum absolute atomic E-state index is 11.8. The van der Waals surface area contributed by atoms with Crippen molar-refractivity contribution in [3.8, 4) is 0 Å². The molecule has 24 heavy (non-hydrogen) atoms. The minimum absolute atomic E-state index is 0. The Morgan fingerprint density at radius 3 is 1.33 bits per heavy atom. The van der Waals surface area contributed by atoms with Gasteiger partial charge in [0, 0.05) is 37.2 Å². The van der Waals surface area contributed by atoms with Crippen LogP contribution in [0.5, 0.6) is 0 Å². The molecule has 0 aliphatic heterocycles. The minimum Gasteiger partial charge on any atom is -0.468 e. The van der Waals surface area contributed by atoms with Gasteiger partial charge in [-0.3, -0.25) is 9.59 Å². The molecule has 0 N–H and O–H groups in total. The van der Waals surface area contributed by atoms with Gasteiger partial charge in [0.15, 0.2) is 0 Å². The highest BCUT2D eigenvalue weighted by molar-refractivity contribution is 15.0. The first-order chi connectivity index (χ1) is 8.19. The molecule has 0 aromatic carbocycles. The summed E-state index contributed by atoms with van der Waals surface area (Å²) in [5.41, 5.74) is -1.03. The first kappa shape index (κ1) is 49.7. The molecule has 0 aliphatic rings. The lowest BCUT2D eigenvalue weighted by atomic mass is 9.67. The number of hydrogen-bond donors (Lipinski definition) is 0. The predicted molar refractivity (Wildman–Crippen MR) is 132 cm³/mol. The maximum Gasteiger partial charge on any atom is 0.319 e. The number of hydrogen-bond acceptors (Lipinski definition) is 3. The quantitative estimate of drug-likeness (QED) is 0.187. The highest BCUT2D eigenvalue weighted by Crippen LogP contribution is 2.37. The molecule has 3 unspecified atom stereocenters. The molecule has 0 heterocycles. The molecule has 0 amide bonds. The molecule has 5 heteroatoms. The zero-order chi connectivity index (χ0) is 15.1. The lowest BCUT2D eigenvalue weighted by Gasteiger charge is -2.36. The van der Waals surface area contributed by atoms with Gasteiger partial charge in [0.2, 0.25) is 0 Å². The second-order valence-corrected chi connectivity index (χ2v) is 5.14. The maximum atomic E-state index is 11.8. The molecule has 0 aromatic heterocycles. The summed E-state index contributed by atoms with van der Waals surface area (Å²) in [7, 11) is 1.33. The molecule has 0 bridgehead atoms. The molecule has 0 fully saturated rings. The highest BCUT2D eigenvalue weighted by atomic mass is 128. The van der Waals surface area contributed by atoms with Crippen molar-refractivity contribution < 1.29 is 14.3 Å². The Morgan fingerprint density at radius 2 is 1.17 bits per heavy atom. The molecule has 3 atom stereocenters. The van der Waals surface area contributed by atoms with E-state index in [1.165, 1.54) is 14.0 Å². The molecule has 156 valence electrons. The SMILES string of the molecule is C.C.C.C.C.C.COC(=O)C(C)(C(C)=O)C(C)C(C)C(C)C.II. The molecular formula is C19H48I2O3. The number of rotatable bonds is 5. The van der Waals surface area contributed by atoms with E-state index in [0.717, 1.165) is 0 Å². The monoisotopic (exact) mass is 578 g/mol. The summed E-state index contributed by atoms with van der Waals surface area (Å²) < 4.78 is 4.77. The largest absolute Gasteiger partial charge is 0.468 e. The summed E-state index contributed by atoms with van der Waals surface area (Å²) in [5, 5.41) is 0. The average molecular weight is 578 g/mol. The van der Waals surface area contributed by atoms with Crippen LogP contribution in [0.2, 0.25) is 0 Å². The molecule has 0 saturated carbocycles. The van der Waals surface area contributed by atoms with Crippen LogP contribution in [-0.2, 0) is 14.3 Å². The summed E-state index contributed by atoms with van der Waals surface area (Å²) in [6, 6.07) is 0. The summed E-state index contributed by atoms with van der Waals surface area (Å²) in [4.78, 5) is 23.5. The van der Waals surface area contributed by atoms with Crippen LogP contribution in [0.3, 0.4) is 0 Å². The summed E-state index contributed by atoms with van der Waals surface area (Å²) in [6.07, 6.45) is 0. The summed E-state index contributed by atoms with van der Waals surface area (Å²) in [5.74, 6) is 0.128. The number of Topliss-reactive ketones (excluding diaryl/α,β-unsaturated/α-hetero) is 1. The Balaban J connectivity index is -0.0000000512. The second-order valence-electron chi connectivity index (χ2n) is 5.14. The van der Waals surface area contributed by atoms with Gasteiger partial charge in [-0.05, 0) is 31.6 Å². The highest BCUT2D eigenvalue weighted by Gasteiger charge is 2.46. The van der Waals surface area contributed by atoms with Crippen molar-refractivity contribution in [1.29, 1.82) is 0 Å². The van der Waals surface area contributed by atoms with Gasteiger partial charge in [-0.15, -0.1) is 0 Å². The van der Waals surface area contributed by atoms with Crippen LogP contribution in [0.4, 0.5) is 0 Å². The molecule has 0 radical (unpaired) electrons. The Kier molecular flexibility index (Phi) is 48.9. The minimum atomic E-state index is -1.03. The number of halogens is 2. The third-order valence-electron chi connectivity index (χ3n) is 4.09. The number of carbonyl (C=O) groups excluding carboxylic acids is 2. The van der Waals surface area contributed by atoms with E-state index in [1.54, 1.807) is 6.92 Å². The first-order valence-corrected chi connectivity index (χ1v) is 12.2. The Bertz CT molecular complexity index is 282. The van der Waals surface area contributed by atoms with E-state index >= 15 is 0 Å².